The number of rotatable bonds is 3. The fourth-order valence-electron chi connectivity index (χ4n) is 3.19. The number of likely N-dealkylation sites (tertiary alicyclic amines) is 1. The van der Waals surface area contributed by atoms with Crippen LogP contribution >= 0.6 is 0 Å². The van der Waals surface area contributed by atoms with Gasteiger partial charge in [-0.25, -0.2) is 19.2 Å². The van der Waals surface area contributed by atoms with Gasteiger partial charge in [0.2, 0.25) is 0 Å². The lowest BCUT2D eigenvalue weighted by Crippen LogP contribution is -2.39. The number of alkyl halides is 3. The van der Waals surface area contributed by atoms with E-state index < -0.39 is 23.6 Å². The number of nitrogens with one attached hydrogen (secondary N) is 1. The lowest BCUT2D eigenvalue weighted by atomic mass is 10.1. The molecule has 1 atom stereocenters. The fraction of sp³-hybridized carbons (Fsp3) is 0.421. The number of benzene rings is 1. The highest BCUT2D eigenvalue weighted by Crippen LogP contribution is 2.37. The van der Waals surface area contributed by atoms with Crippen molar-refractivity contribution in [3.8, 4) is 11.4 Å². The van der Waals surface area contributed by atoms with Crippen LogP contribution in [0, 0.1) is 5.82 Å². The van der Waals surface area contributed by atoms with Crippen molar-refractivity contribution in [1.82, 2.24) is 14.9 Å². The van der Waals surface area contributed by atoms with Crippen molar-refractivity contribution >= 4 is 11.7 Å². The summed E-state index contributed by atoms with van der Waals surface area (Å²) < 4.78 is 58.6. The molecule has 0 spiro atoms. The van der Waals surface area contributed by atoms with Gasteiger partial charge in [-0.05, 0) is 37.5 Å². The van der Waals surface area contributed by atoms with Crippen LogP contribution in [0.3, 0.4) is 0 Å². The second-order valence-electron chi connectivity index (χ2n) is 6.71. The Labute approximate surface area is 164 Å². The van der Waals surface area contributed by atoms with Crippen molar-refractivity contribution in [3.63, 3.8) is 0 Å². The number of anilines is 1. The van der Waals surface area contributed by atoms with E-state index in [1.54, 1.807) is 12.0 Å². The normalized spacial score (nSPS) is 17.7. The van der Waals surface area contributed by atoms with Gasteiger partial charge < -0.3 is 15.0 Å². The molecule has 1 aromatic heterocycles. The molecule has 6 nitrogen and oxygen atoms in total. The van der Waals surface area contributed by atoms with Crippen molar-refractivity contribution in [2.24, 2.45) is 0 Å². The molecule has 0 bridgehead atoms. The average molecular weight is 412 g/mol. The highest BCUT2D eigenvalue weighted by atomic mass is 19.4. The van der Waals surface area contributed by atoms with Crippen molar-refractivity contribution in [2.75, 3.05) is 25.5 Å². The molecule has 1 aliphatic heterocycles. The van der Waals surface area contributed by atoms with Crippen LogP contribution in [0.25, 0.3) is 11.4 Å². The van der Waals surface area contributed by atoms with E-state index in [-0.39, 0.29) is 23.2 Å². The van der Waals surface area contributed by atoms with Crippen molar-refractivity contribution in [2.45, 2.75) is 31.5 Å². The summed E-state index contributed by atoms with van der Waals surface area (Å²) in [4.78, 5) is 21.5. The predicted octanol–water partition coefficient (Wildman–Crippen LogP) is 4.33. The van der Waals surface area contributed by atoms with Gasteiger partial charge in [-0.3, -0.25) is 0 Å². The minimum Gasteiger partial charge on any atom is -0.380 e. The molecule has 29 heavy (non-hydrogen) atoms. The Bertz CT molecular complexity index is 858. The first-order valence-corrected chi connectivity index (χ1v) is 9.06. The van der Waals surface area contributed by atoms with E-state index in [9.17, 15) is 22.4 Å². The molecule has 1 aliphatic rings. The number of amides is 2. The molecular formula is C19H20F4N4O2. The summed E-state index contributed by atoms with van der Waals surface area (Å²) in [5.41, 5.74) is -1.17. The van der Waals surface area contributed by atoms with Gasteiger partial charge in [0.1, 0.15) is 0 Å². The fourth-order valence-corrected chi connectivity index (χ4v) is 3.19. The van der Waals surface area contributed by atoms with E-state index in [4.69, 9.17) is 4.74 Å². The van der Waals surface area contributed by atoms with E-state index in [0.29, 0.717) is 13.1 Å². The number of carbonyl (C=O) groups excluding carboxylic acids is 1. The number of methoxy groups -OCH3 is 1. The van der Waals surface area contributed by atoms with E-state index in [1.165, 1.54) is 6.07 Å². The maximum Gasteiger partial charge on any atom is 0.417 e. The van der Waals surface area contributed by atoms with Crippen LogP contribution in [0.5, 0.6) is 0 Å². The first-order valence-electron chi connectivity index (χ1n) is 9.06. The molecule has 0 radical (unpaired) electrons. The molecule has 1 aromatic carbocycles. The summed E-state index contributed by atoms with van der Waals surface area (Å²) in [6, 6.07) is 2.72. The molecule has 0 saturated carbocycles. The number of carbonyl (C=O) groups is 1. The van der Waals surface area contributed by atoms with Crippen LogP contribution in [-0.4, -0.2) is 47.2 Å². The van der Waals surface area contributed by atoms with Gasteiger partial charge in [0.05, 0.1) is 24.1 Å². The summed E-state index contributed by atoms with van der Waals surface area (Å²) in [5, 5.41) is 2.62. The summed E-state index contributed by atoms with van der Waals surface area (Å²) in [5.74, 6) is -1.05. The molecule has 2 aromatic rings. The van der Waals surface area contributed by atoms with E-state index in [2.05, 4.69) is 15.3 Å². The Morgan fingerprint density at radius 1 is 1.24 bits per heavy atom. The number of nitrogens with zero attached hydrogens (tertiary/aromatic N) is 3. The third-order valence-electron chi connectivity index (χ3n) is 4.69. The highest BCUT2D eigenvalue weighted by Gasteiger charge is 2.34. The molecule has 0 aliphatic carbocycles. The van der Waals surface area contributed by atoms with E-state index in [0.717, 1.165) is 43.8 Å². The highest BCUT2D eigenvalue weighted by molar-refractivity contribution is 5.90. The molecular weight excluding hydrogens is 392 g/mol. The van der Waals surface area contributed by atoms with Gasteiger partial charge in [-0.2, -0.15) is 13.2 Å². The number of hydrogen-bond acceptors (Lipinski definition) is 4. The second kappa shape index (κ2) is 8.73. The molecule has 156 valence electrons. The molecule has 2 amide bonds. The van der Waals surface area contributed by atoms with Crippen LogP contribution in [0.4, 0.5) is 28.0 Å². The standard InChI is InChI=1S/C19H20F4N4O2/c1-29-14-4-2-3-7-27(11-14)18(28)26-13-5-6-16(19(21,22)23)15(8-13)17-24-9-12(20)10-25-17/h5-6,8-10,14H,2-4,7,11H2,1H3,(H,26,28)/t14-/m1/s1. The number of hydrogen-bond donors (Lipinski definition) is 1. The minimum absolute atomic E-state index is 0.0842. The SMILES string of the molecule is CO[C@@H]1CCCCN(C(=O)Nc2ccc(C(F)(F)F)c(-c3ncc(F)cn3)c2)C1. The van der Waals surface area contributed by atoms with Gasteiger partial charge >= 0.3 is 12.2 Å². The summed E-state index contributed by atoms with van der Waals surface area (Å²) in [6.07, 6.45) is -0.590. The molecule has 10 heteroatoms. The maximum atomic E-state index is 13.4. The van der Waals surface area contributed by atoms with Gasteiger partial charge in [-0.1, -0.05) is 0 Å². The molecule has 2 heterocycles. The van der Waals surface area contributed by atoms with Crippen LogP contribution < -0.4 is 5.32 Å². The molecule has 3 rings (SSSR count). The number of urea groups is 1. The first kappa shape index (κ1) is 21.0. The Morgan fingerprint density at radius 3 is 2.62 bits per heavy atom. The van der Waals surface area contributed by atoms with Gasteiger partial charge in [0.25, 0.3) is 0 Å². The lowest BCUT2D eigenvalue weighted by molar-refractivity contribution is -0.137. The molecule has 1 saturated heterocycles. The summed E-state index contributed by atoms with van der Waals surface area (Å²) >= 11 is 0. The van der Waals surface area contributed by atoms with E-state index in [1.807, 2.05) is 0 Å². The quantitative estimate of drug-likeness (QED) is 0.762. The Kier molecular flexibility index (Phi) is 6.31. The smallest absolute Gasteiger partial charge is 0.380 e. The lowest BCUT2D eigenvalue weighted by Gasteiger charge is -2.24. The molecule has 1 fully saturated rings. The number of aromatic nitrogens is 2. The Hall–Kier alpha value is -2.75. The molecule has 0 unspecified atom stereocenters. The summed E-state index contributed by atoms with van der Waals surface area (Å²) in [6.45, 7) is 0.928. The maximum absolute atomic E-state index is 13.4. The van der Waals surface area contributed by atoms with Crippen molar-refractivity contribution < 1.29 is 27.1 Å². The van der Waals surface area contributed by atoms with Crippen LogP contribution in [0.1, 0.15) is 24.8 Å². The number of halogens is 4. The van der Waals surface area contributed by atoms with Gasteiger partial charge in [-0.15, -0.1) is 0 Å². The Balaban J connectivity index is 1.87. The second-order valence-corrected chi connectivity index (χ2v) is 6.71. The van der Waals surface area contributed by atoms with Crippen LogP contribution in [-0.2, 0) is 10.9 Å². The summed E-state index contributed by atoms with van der Waals surface area (Å²) in [7, 11) is 1.58. The zero-order valence-corrected chi connectivity index (χ0v) is 15.7. The zero-order valence-electron chi connectivity index (χ0n) is 15.7. The monoisotopic (exact) mass is 412 g/mol. The first-order chi connectivity index (χ1) is 13.8. The predicted molar refractivity (Wildman–Crippen MR) is 97.7 cm³/mol. The topological polar surface area (TPSA) is 67.3 Å². The molecule has 1 N–H and O–H groups in total. The van der Waals surface area contributed by atoms with Crippen LogP contribution in [0.15, 0.2) is 30.6 Å². The largest absolute Gasteiger partial charge is 0.417 e. The average Bonchev–Trinajstić information content (AvgIpc) is 2.93. The van der Waals surface area contributed by atoms with Gasteiger partial charge in [0, 0.05) is 31.5 Å². The third-order valence-corrected chi connectivity index (χ3v) is 4.69. The number of ether oxygens (including phenoxy) is 1. The van der Waals surface area contributed by atoms with Crippen LogP contribution in [0.2, 0.25) is 0 Å². The van der Waals surface area contributed by atoms with Gasteiger partial charge in [0.15, 0.2) is 11.6 Å². The Morgan fingerprint density at radius 2 is 1.97 bits per heavy atom. The third kappa shape index (κ3) is 5.20. The van der Waals surface area contributed by atoms with Crippen molar-refractivity contribution in [1.29, 1.82) is 0 Å². The minimum atomic E-state index is -4.66. The van der Waals surface area contributed by atoms with Crippen molar-refractivity contribution in [3.05, 3.63) is 42.0 Å². The zero-order chi connectivity index (χ0) is 21.0. The van der Waals surface area contributed by atoms with E-state index >= 15 is 0 Å².